The normalized spacial score (nSPS) is 13.8. The third-order valence-corrected chi connectivity index (χ3v) is 7.81. The van der Waals surface area contributed by atoms with Crippen LogP contribution in [0.25, 0.3) is 10.8 Å². The predicted octanol–water partition coefficient (Wildman–Crippen LogP) is 3.68. The van der Waals surface area contributed by atoms with Gasteiger partial charge in [0.1, 0.15) is 0 Å². The van der Waals surface area contributed by atoms with E-state index in [1.165, 1.54) is 44.3 Å². The number of rotatable bonds is 6. The van der Waals surface area contributed by atoms with E-state index in [4.69, 9.17) is 4.74 Å². The largest absolute Gasteiger partial charge is 0.449 e. The number of hydrogen-bond donors (Lipinski definition) is 1. The van der Waals surface area contributed by atoms with Gasteiger partial charge in [0.2, 0.25) is 10.0 Å². The lowest BCUT2D eigenvalue weighted by Gasteiger charge is -2.17. The van der Waals surface area contributed by atoms with Gasteiger partial charge in [-0.05, 0) is 72.4 Å². The summed E-state index contributed by atoms with van der Waals surface area (Å²) in [5.74, 6) is -1.12. The second-order valence-electron chi connectivity index (χ2n) is 8.41. The Kier molecular flexibility index (Phi) is 5.99. The number of esters is 1. The van der Waals surface area contributed by atoms with Crippen molar-refractivity contribution in [2.45, 2.75) is 37.7 Å². The second-order valence-corrected chi connectivity index (χ2v) is 10.6. The lowest BCUT2D eigenvalue weighted by molar-refractivity contribution is -0.123. The van der Waals surface area contributed by atoms with Gasteiger partial charge in [-0.25, -0.2) is 17.5 Å². The quantitative estimate of drug-likeness (QED) is 0.560. The molecule has 1 atom stereocenters. The Bertz CT molecular complexity index is 1370. The van der Waals surface area contributed by atoms with E-state index in [2.05, 4.69) is 11.4 Å². The number of benzene rings is 3. The molecule has 0 radical (unpaired) electrons. The summed E-state index contributed by atoms with van der Waals surface area (Å²) in [5, 5.41) is 4.61. The molecule has 0 bridgehead atoms. The summed E-state index contributed by atoms with van der Waals surface area (Å²) in [6.07, 6.45) is 0.826. The molecule has 3 aromatic carbocycles. The summed E-state index contributed by atoms with van der Waals surface area (Å²) >= 11 is 0. The standard InChI is InChI=1S/C25H26N2O5S/c1-15-8-12-19(33(30,31)27(3)4)14-22(15)26-24(28)16(2)32-25(29)21-13-11-18-10-9-17-6-5-7-20(21)23(17)18/h5-8,11-14,16H,9-10H2,1-4H3,(H,26,28). The maximum absolute atomic E-state index is 12.9. The Morgan fingerprint density at radius 3 is 2.42 bits per heavy atom. The van der Waals surface area contributed by atoms with Crippen LogP contribution in [0.4, 0.5) is 5.69 Å². The number of hydrogen-bond acceptors (Lipinski definition) is 5. The van der Waals surface area contributed by atoms with Crippen LogP contribution < -0.4 is 5.32 Å². The van der Waals surface area contributed by atoms with Crippen LogP contribution in [0, 0.1) is 6.92 Å². The Hall–Kier alpha value is -3.23. The molecule has 172 valence electrons. The highest BCUT2D eigenvalue weighted by Crippen LogP contribution is 2.33. The molecule has 0 aromatic heterocycles. The van der Waals surface area contributed by atoms with Gasteiger partial charge in [-0.2, -0.15) is 0 Å². The molecule has 7 nitrogen and oxygen atoms in total. The minimum absolute atomic E-state index is 0.0610. The van der Waals surface area contributed by atoms with E-state index in [0.29, 0.717) is 16.8 Å². The molecule has 1 aliphatic rings. The maximum atomic E-state index is 12.9. The van der Waals surface area contributed by atoms with E-state index < -0.39 is 28.0 Å². The monoisotopic (exact) mass is 466 g/mol. The van der Waals surface area contributed by atoms with Gasteiger partial charge >= 0.3 is 5.97 Å². The summed E-state index contributed by atoms with van der Waals surface area (Å²) < 4.78 is 31.4. The number of carbonyl (C=O) groups is 2. The number of sulfonamides is 1. The lowest BCUT2D eigenvalue weighted by Crippen LogP contribution is -2.30. The van der Waals surface area contributed by atoms with Crippen molar-refractivity contribution >= 4 is 38.4 Å². The first kappa shape index (κ1) is 22.9. The van der Waals surface area contributed by atoms with E-state index in [1.807, 2.05) is 18.2 Å². The average Bonchev–Trinajstić information content (AvgIpc) is 3.20. The number of nitrogens with one attached hydrogen (secondary N) is 1. The third-order valence-electron chi connectivity index (χ3n) is 6.00. The first-order valence-corrected chi connectivity index (χ1v) is 12.1. The minimum atomic E-state index is -3.65. The first-order chi connectivity index (χ1) is 15.6. The van der Waals surface area contributed by atoms with Crippen LogP contribution in [0.1, 0.15) is 34.0 Å². The number of carbonyl (C=O) groups excluding carboxylic acids is 2. The number of anilines is 1. The van der Waals surface area contributed by atoms with Crippen LogP contribution in [-0.2, 0) is 32.4 Å². The Labute approximate surface area is 193 Å². The summed E-state index contributed by atoms with van der Waals surface area (Å²) in [6.45, 7) is 3.24. The van der Waals surface area contributed by atoms with Crippen molar-refractivity contribution in [3.63, 3.8) is 0 Å². The van der Waals surface area contributed by atoms with Crippen LogP contribution in [0.2, 0.25) is 0 Å². The molecular weight excluding hydrogens is 440 g/mol. The Morgan fingerprint density at radius 1 is 1.03 bits per heavy atom. The van der Waals surface area contributed by atoms with Gasteiger partial charge in [0.05, 0.1) is 10.5 Å². The fraction of sp³-hybridized carbons (Fsp3) is 0.280. The van der Waals surface area contributed by atoms with Crippen LogP contribution >= 0.6 is 0 Å². The van der Waals surface area contributed by atoms with Gasteiger partial charge in [-0.1, -0.05) is 30.3 Å². The highest BCUT2D eigenvalue weighted by Gasteiger charge is 2.24. The molecular formula is C25H26N2O5S. The van der Waals surface area contributed by atoms with Gasteiger partial charge < -0.3 is 10.1 Å². The van der Waals surface area contributed by atoms with Crippen molar-refractivity contribution in [2.75, 3.05) is 19.4 Å². The van der Waals surface area contributed by atoms with E-state index in [9.17, 15) is 18.0 Å². The molecule has 4 rings (SSSR count). The van der Waals surface area contributed by atoms with E-state index >= 15 is 0 Å². The number of amides is 1. The predicted molar refractivity (Wildman–Crippen MR) is 127 cm³/mol. The smallest absolute Gasteiger partial charge is 0.339 e. The second kappa shape index (κ2) is 8.61. The molecule has 0 heterocycles. The molecule has 0 aliphatic heterocycles. The fourth-order valence-electron chi connectivity index (χ4n) is 4.04. The zero-order chi connectivity index (χ0) is 23.9. The number of aryl methyl sites for hydroxylation is 3. The summed E-state index contributed by atoms with van der Waals surface area (Å²) in [6, 6.07) is 14.1. The summed E-state index contributed by atoms with van der Waals surface area (Å²) in [4.78, 5) is 25.7. The molecule has 33 heavy (non-hydrogen) atoms. The van der Waals surface area contributed by atoms with Crippen LogP contribution in [0.5, 0.6) is 0 Å². The molecule has 1 N–H and O–H groups in total. The highest BCUT2D eigenvalue weighted by atomic mass is 32.2. The molecule has 1 amide bonds. The molecule has 8 heteroatoms. The van der Waals surface area contributed by atoms with Gasteiger partial charge in [-0.3, -0.25) is 4.79 Å². The number of nitrogens with zero attached hydrogens (tertiary/aromatic N) is 1. The molecule has 0 saturated heterocycles. The van der Waals surface area contributed by atoms with Crippen molar-refractivity contribution in [3.05, 3.63) is 70.8 Å². The lowest BCUT2D eigenvalue weighted by atomic mass is 10.00. The van der Waals surface area contributed by atoms with E-state index in [-0.39, 0.29) is 4.90 Å². The number of ether oxygens (including phenoxy) is 1. The SMILES string of the molecule is Cc1ccc(S(=O)(=O)N(C)C)cc1NC(=O)C(C)OC(=O)c1ccc2c3c(cccc13)CC2. The Morgan fingerprint density at radius 2 is 1.73 bits per heavy atom. The molecule has 0 fully saturated rings. The van der Waals surface area contributed by atoms with Crippen molar-refractivity contribution in [1.82, 2.24) is 4.31 Å². The fourth-order valence-corrected chi connectivity index (χ4v) is 4.97. The van der Waals surface area contributed by atoms with Crippen molar-refractivity contribution in [2.24, 2.45) is 0 Å². The molecule has 1 aliphatic carbocycles. The van der Waals surface area contributed by atoms with Crippen molar-refractivity contribution in [1.29, 1.82) is 0 Å². The average molecular weight is 467 g/mol. The maximum Gasteiger partial charge on any atom is 0.339 e. The Balaban J connectivity index is 1.53. The topological polar surface area (TPSA) is 92.8 Å². The molecule has 0 spiro atoms. The van der Waals surface area contributed by atoms with Gasteiger partial charge in [0.15, 0.2) is 6.10 Å². The zero-order valence-corrected chi connectivity index (χ0v) is 19.8. The minimum Gasteiger partial charge on any atom is -0.449 e. The first-order valence-electron chi connectivity index (χ1n) is 10.7. The third kappa shape index (κ3) is 4.24. The summed E-state index contributed by atoms with van der Waals surface area (Å²) in [5.41, 5.74) is 3.88. The van der Waals surface area contributed by atoms with Gasteiger partial charge in [-0.15, -0.1) is 0 Å². The van der Waals surface area contributed by atoms with E-state index in [0.717, 1.165) is 27.9 Å². The van der Waals surface area contributed by atoms with Crippen LogP contribution in [0.15, 0.2) is 53.4 Å². The van der Waals surface area contributed by atoms with Gasteiger partial charge in [0, 0.05) is 19.8 Å². The highest BCUT2D eigenvalue weighted by molar-refractivity contribution is 7.89. The zero-order valence-electron chi connectivity index (χ0n) is 19.0. The van der Waals surface area contributed by atoms with Gasteiger partial charge in [0.25, 0.3) is 5.91 Å². The van der Waals surface area contributed by atoms with E-state index in [1.54, 1.807) is 19.1 Å². The van der Waals surface area contributed by atoms with Crippen molar-refractivity contribution in [3.8, 4) is 0 Å². The molecule has 3 aromatic rings. The van der Waals surface area contributed by atoms with Crippen molar-refractivity contribution < 1.29 is 22.7 Å². The molecule has 0 saturated carbocycles. The molecule has 1 unspecified atom stereocenters. The summed E-state index contributed by atoms with van der Waals surface area (Å²) in [7, 11) is -0.774. The van der Waals surface area contributed by atoms with Crippen LogP contribution in [0.3, 0.4) is 0 Å². The van der Waals surface area contributed by atoms with Crippen LogP contribution in [-0.4, -0.2) is 44.8 Å².